The van der Waals surface area contributed by atoms with Crippen molar-refractivity contribution in [3.05, 3.63) is 100.0 Å². The minimum absolute atomic E-state index is 0.0832. The summed E-state index contributed by atoms with van der Waals surface area (Å²) in [6, 6.07) is 10.8. The lowest BCUT2D eigenvalue weighted by molar-refractivity contribution is -0.137. The van der Waals surface area contributed by atoms with Crippen molar-refractivity contribution in [2.45, 2.75) is 19.1 Å². The van der Waals surface area contributed by atoms with Crippen LogP contribution in [0.1, 0.15) is 34.6 Å². The van der Waals surface area contributed by atoms with E-state index in [9.17, 15) is 27.2 Å². The summed E-state index contributed by atoms with van der Waals surface area (Å²) in [5.74, 6) is -1.06. The molecule has 0 bridgehead atoms. The van der Waals surface area contributed by atoms with E-state index < -0.39 is 35.1 Å². The molecular formula is C26H19F4N5O2. The number of amides is 1. The molecule has 3 aromatic heterocycles. The van der Waals surface area contributed by atoms with Gasteiger partial charge in [0.1, 0.15) is 11.3 Å². The molecule has 1 atom stereocenters. The average molecular weight is 509 g/mol. The van der Waals surface area contributed by atoms with Crippen molar-refractivity contribution >= 4 is 27.7 Å². The molecule has 1 amide bonds. The summed E-state index contributed by atoms with van der Waals surface area (Å²) in [6.07, 6.45) is -1.58. The second-order valence-corrected chi connectivity index (χ2v) is 8.55. The Morgan fingerprint density at radius 3 is 2.46 bits per heavy atom. The monoisotopic (exact) mass is 509 g/mol. The van der Waals surface area contributed by atoms with Crippen LogP contribution in [0.25, 0.3) is 27.5 Å². The maximum Gasteiger partial charge on any atom is 0.416 e. The van der Waals surface area contributed by atoms with Crippen LogP contribution >= 0.6 is 0 Å². The maximum absolute atomic E-state index is 14.1. The number of rotatable bonds is 4. The highest BCUT2D eigenvalue weighted by Gasteiger charge is 2.30. The van der Waals surface area contributed by atoms with Gasteiger partial charge in [-0.25, -0.2) is 4.39 Å². The first-order valence-electron chi connectivity index (χ1n) is 11.2. The first-order valence-corrected chi connectivity index (χ1v) is 11.2. The normalized spacial score (nSPS) is 12.7. The number of carbonyl (C=O) groups excluding carboxylic acids is 1. The quantitative estimate of drug-likeness (QED) is 0.349. The molecule has 0 radical (unpaired) electrons. The van der Waals surface area contributed by atoms with Crippen molar-refractivity contribution in [3.8, 4) is 5.69 Å². The summed E-state index contributed by atoms with van der Waals surface area (Å²) in [5.41, 5.74) is -0.0777. The molecule has 1 N–H and O–H groups in total. The van der Waals surface area contributed by atoms with Gasteiger partial charge in [-0.2, -0.15) is 18.3 Å². The van der Waals surface area contributed by atoms with E-state index in [-0.39, 0.29) is 22.3 Å². The molecule has 0 saturated heterocycles. The van der Waals surface area contributed by atoms with Gasteiger partial charge in [0, 0.05) is 36.1 Å². The molecular weight excluding hydrogens is 490 g/mol. The van der Waals surface area contributed by atoms with Crippen LogP contribution in [0, 0.1) is 5.82 Å². The standard InChI is InChI=1S/C26H19F4N5O2/c1-14(22-20(27)4-3-11-31-22)32-24(36)15-5-10-21-18(12-15)23-19(13-34(2)33-23)25(37)35(21)17-8-6-16(7-9-17)26(28,29)30/h3-14H,1-2H3,(H,32,36)/t14-/m1/s1. The molecule has 37 heavy (non-hydrogen) atoms. The zero-order chi connectivity index (χ0) is 26.5. The molecule has 0 unspecified atom stereocenters. The van der Waals surface area contributed by atoms with E-state index in [1.54, 1.807) is 20.0 Å². The Morgan fingerprint density at radius 2 is 1.78 bits per heavy atom. The van der Waals surface area contributed by atoms with Crippen molar-refractivity contribution in [2.24, 2.45) is 7.05 Å². The minimum Gasteiger partial charge on any atom is -0.344 e. The Labute approximate surface area is 207 Å². The fraction of sp³-hybridized carbons (Fsp3) is 0.154. The number of halogens is 4. The Kier molecular flexibility index (Phi) is 5.77. The number of hydrogen-bond acceptors (Lipinski definition) is 4. The van der Waals surface area contributed by atoms with E-state index in [2.05, 4.69) is 15.4 Å². The fourth-order valence-corrected chi connectivity index (χ4v) is 4.26. The summed E-state index contributed by atoms with van der Waals surface area (Å²) in [5, 5.41) is 7.75. The summed E-state index contributed by atoms with van der Waals surface area (Å²) in [7, 11) is 1.63. The second kappa shape index (κ2) is 8.84. The predicted molar refractivity (Wildman–Crippen MR) is 129 cm³/mol. The van der Waals surface area contributed by atoms with Crippen LogP contribution in [0.2, 0.25) is 0 Å². The van der Waals surface area contributed by atoms with Gasteiger partial charge in [0.25, 0.3) is 11.5 Å². The lowest BCUT2D eigenvalue weighted by atomic mass is 10.1. The predicted octanol–water partition coefficient (Wildman–Crippen LogP) is 4.92. The summed E-state index contributed by atoms with van der Waals surface area (Å²) in [6.45, 7) is 1.60. The van der Waals surface area contributed by atoms with Crippen LogP contribution in [0.3, 0.4) is 0 Å². The molecule has 0 aliphatic rings. The number of fused-ring (bicyclic) bond motifs is 3. The van der Waals surface area contributed by atoms with Crippen molar-refractivity contribution in [2.75, 3.05) is 0 Å². The van der Waals surface area contributed by atoms with Gasteiger partial charge in [0.05, 0.1) is 28.2 Å². The Hall–Kier alpha value is -4.54. The van der Waals surface area contributed by atoms with E-state index in [1.807, 2.05) is 0 Å². The van der Waals surface area contributed by atoms with Crippen LogP contribution in [-0.4, -0.2) is 25.2 Å². The molecule has 11 heteroatoms. The van der Waals surface area contributed by atoms with Gasteiger partial charge in [0.2, 0.25) is 0 Å². The highest BCUT2D eigenvalue weighted by Crippen LogP contribution is 2.31. The van der Waals surface area contributed by atoms with Crippen LogP contribution in [0.15, 0.2) is 71.8 Å². The Bertz CT molecular complexity index is 1720. The number of alkyl halides is 3. The molecule has 188 valence electrons. The molecule has 0 saturated carbocycles. The van der Waals surface area contributed by atoms with E-state index in [1.165, 1.54) is 58.0 Å². The zero-order valence-corrected chi connectivity index (χ0v) is 19.5. The van der Waals surface area contributed by atoms with Crippen LogP contribution in [0.4, 0.5) is 17.6 Å². The molecule has 0 fully saturated rings. The second-order valence-electron chi connectivity index (χ2n) is 8.55. The SMILES string of the molecule is C[C@@H](NC(=O)c1ccc2c(c1)c1nn(C)cc1c(=O)n2-c1ccc(C(F)(F)F)cc1)c1ncccc1F. The van der Waals surface area contributed by atoms with Gasteiger partial charge in [0.15, 0.2) is 0 Å². The van der Waals surface area contributed by atoms with Crippen molar-refractivity contribution in [3.63, 3.8) is 0 Å². The number of nitrogens with one attached hydrogen (secondary N) is 1. The van der Waals surface area contributed by atoms with E-state index in [0.29, 0.717) is 16.4 Å². The summed E-state index contributed by atoms with van der Waals surface area (Å²) < 4.78 is 56.0. The van der Waals surface area contributed by atoms with Crippen LogP contribution in [0.5, 0.6) is 0 Å². The fourth-order valence-electron chi connectivity index (χ4n) is 4.26. The van der Waals surface area contributed by atoms with Crippen LogP contribution < -0.4 is 10.9 Å². The van der Waals surface area contributed by atoms with Gasteiger partial charge in [-0.3, -0.25) is 23.8 Å². The Balaban J connectivity index is 1.62. The van der Waals surface area contributed by atoms with Crippen molar-refractivity contribution in [1.29, 1.82) is 0 Å². The third kappa shape index (κ3) is 4.32. The minimum atomic E-state index is -4.52. The smallest absolute Gasteiger partial charge is 0.344 e. The first-order chi connectivity index (χ1) is 17.5. The van der Waals surface area contributed by atoms with Gasteiger partial charge in [-0.05, 0) is 61.5 Å². The molecule has 5 rings (SSSR count). The zero-order valence-electron chi connectivity index (χ0n) is 19.5. The van der Waals surface area contributed by atoms with E-state index >= 15 is 0 Å². The topological polar surface area (TPSA) is 81.8 Å². The third-order valence-electron chi connectivity index (χ3n) is 6.01. The molecule has 2 aromatic carbocycles. The van der Waals surface area contributed by atoms with Gasteiger partial charge >= 0.3 is 6.18 Å². The summed E-state index contributed by atoms with van der Waals surface area (Å²) >= 11 is 0. The molecule has 3 heterocycles. The van der Waals surface area contributed by atoms with Crippen LogP contribution in [-0.2, 0) is 13.2 Å². The number of aromatic nitrogens is 4. The van der Waals surface area contributed by atoms with Gasteiger partial charge in [-0.1, -0.05) is 0 Å². The largest absolute Gasteiger partial charge is 0.416 e. The lowest BCUT2D eigenvalue weighted by Gasteiger charge is -2.16. The molecule has 0 aliphatic heterocycles. The molecule has 7 nitrogen and oxygen atoms in total. The highest BCUT2D eigenvalue weighted by molar-refractivity contribution is 6.07. The number of nitrogens with zero attached hydrogens (tertiary/aromatic N) is 4. The van der Waals surface area contributed by atoms with Gasteiger partial charge < -0.3 is 5.32 Å². The van der Waals surface area contributed by atoms with Crippen molar-refractivity contribution in [1.82, 2.24) is 24.6 Å². The van der Waals surface area contributed by atoms with E-state index in [4.69, 9.17) is 0 Å². The average Bonchev–Trinajstić information content (AvgIpc) is 3.26. The Morgan fingerprint density at radius 1 is 1.05 bits per heavy atom. The first kappa shape index (κ1) is 24.2. The van der Waals surface area contributed by atoms with Crippen molar-refractivity contribution < 1.29 is 22.4 Å². The summed E-state index contributed by atoms with van der Waals surface area (Å²) in [4.78, 5) is 30.4. The number of hydrogen-bond donors (Lipinski definition) is 1. The number of benzene rings is 2. The third-order valence-corrected chi connectivity index (χ3v) is 6.01. The molecule has 0 spiro atoms. The number of aryl methyl sites for hydroxylation is 1. The molecule has 5 aromatic rings. The highest BCUT2D eigenvalue weighted by atomic mass is 19.4. The maximum atomic E-state index is 14.1. The molecule has 0 aliphatic carbocycles. The number of carbonyl (C=O) groups is 1. The number of pyridine rings is 2. The van der Waals surface area contributed by atoms with E-state index in [0.717, 1.165) is 12.1 Å². The van der Waals surface area contributed by atoms with Gasteiger partial charge in [-0.15, -0.1) is 0 Å². The lowest BCUT2D eigenvalue weighted by Crippen LogP contribution is -2.28.